The number of hydrogen-bond acceptors (Lipinski definition) is 3. The molecule has 0 amide bonds. The predicted octanol–water partition coefficient (Wildman–Crippen LogP) is 0.994. The zero-order chi connectivity index (χ0) is 7.61. The van der Waals surface area contributed by atoms with Crippen LogP contribution in [0.25, 0.3) is 0 Å². The van der Waals surface area contributed by atoms with Gasteiger partial charge in [-0.3, -0.25) is 0 Å². The molecule has 10 heavy (non-hydrogen) atoms. The summed E-state index contributed by atoms with van der Waals surface area (Å²) in [6.07, 6.45) is 4.45. The Morgan fingerprint density at radius 1 is 1.70 bits per heavy atom. The minimum atomic E-state index is 0.0440. The lowest BCUT2D eigenvalue weighted by molar-refractivity contribution is 0.641. The lowest BCUT2D eigenvalue weighted by atomic mass is 10.2. The Labute approximate surface area is 66.0 Å². The van der Waals surface area contributed by atoms with Crippen LogP contribution in [-0.2, 0) is 0 Å². The van der Waals surface area contributed by atoms with Crippen molar-refractivity contribution in [3.05, 3.63) is 0 Å². The van der Waals surface area contributed by atoms with Crippen LogP contribution in [0.5, 0.6) is 0 Å². The first-order valence-corrected chi connectivity index (χ1v) is 4.63. The maximum atomic E-state index is 8.71. The quantitative estimate of drug-likeness (QED) is 0.662. The number of nitriles is 1. The molecule has 0 aromatic carbocycles. The maximum absolute atomic E-state index is 8.71. The Balaban J connectivity index is 2.54. The van der Waals surface area contributed by atoms with E-state index < -0.39 is 0 Å². The number of nitrogens with one attached hydrogen (secondary N) is 1. The van der Waals surface area contributed by atoms with Crippen LogP contribution in [0.15, 0.2) is 0 Å². The summed E-state index contributed by atoms with van der Waals surface area (Å²) >= 11 is 1.81. The van der Waals surface area contributed by atoms with Gasteiger partial charge in [-0.2, -0.15) is 17.0 Å². The molecule has 0 radical (unpaired) electrons. The van der Waals surface area contributed by atoms with Crippen molar-refractivity contribution in [3.63, 3.8) is 0 Å². The van der Waals surface area contributed by atoms with Gasteiger partial charge in [0, 0.05) is 4.75 Å². The van der Waals surface area contributed by atoms with Crippen LogP contribution in [0.3, 0.4) is 0 Å². The van der Waals surface area contributed by atoms with Gasteiger partial charge in [0.2, 0.25) is 0 Å². The monoisotopic (exact) mass is 156 g/mol. The highest BCUT2D eigenvalue weighted by molar-refractivity contribution is 8.00. The minimum absolute atomic E-state index is 0.0440. The van der Waals surface area contributed by atoms with E-state index in [1.165, 1.54) is 12.8 Å². The Kier molecular flexibility index (Phi) is 2.22. The highest BCUT2D eigenvalue weighted by Gasteiger charge is 2.48. The van der Waals surface area contributed by atoms with E-state index in [4.69, 9.17) is 5.26 Å². The minimum Gasteiger partial charge on any atom is -0.304 e. The first kappa shape index (κ1) is 7.90. The maximum Gasteiger partial charge on any atom is 0.110 e. The summed E-state index contributed by atoms with van der Waals surface area (Å²) < 4.78 is 0.253. The van der Waals surface area contributed by atoms with Gasteiger partial charge in [-0.15, -0.1) is 0 Å². The molecule has 0 saturated heterocycles. The molecule has 0 heterocycles. The van der Waals surface area contributed by atoms with Crippen LogP contribution >= 0.6 is 11.8 Å². The third-order valence-corrected chi connectivity index (χ3v) is 3.55. The summed E-state index contributed by atoms with van der Waals surface area (Å²) in [6, 6.07) is 2.32. The second-order valence-corrected chi connectivity index (χ2v) is 3.84. The normalized spacial score (nSPS) is 23.3. The first-order valence-electron chi connectivity index (χ1n) is 3.41. The summed E-state index contributed by atoms with van der Waals surface area (Å²) in [5.74, 6) is 0. The third-order valence-electron chi connectivity index (χ3n) is 2.09. The number of hydrogen-bond donors (Lipinski definition) is 1. The number of thioether (sulfide) groups is 1. The van der Waals surface area contributed by atoms with Crippen LogP contribution in [-0.4, -0.2) is 24.1 Å². The van der Waals surface area contributed by atoms with Crippen molar-refractivity contribution in [3.8, 4) is 6.07 Å². The topological polar surface area (TPSA) is 35.8 Å². The summed E-state index contributed by atoms with van der Waals surface area (Å²) in [7, 11) is 1.85. The van der Waals surface area contributed by atoms with Gasteiger partial charge in [0.25, 0.3) is 0 Å². The van der Waals surface area contributed by atoms with E-state index in [0.29, 0.717) is 0 Å². The first-order chi connectivity index (χ1) is 4.79. The molecule has 1 N–H and O–H groups in total. The van der Waals surface area contributed by atoms with Crippen molar-refractivity contribution in [2.24, 2.45) is 0 Å². The Morgan fingerprint density at radius 3 is 2.40 bits per heavy atom. The van der Waals surface area contributed by atoms with E-state index >= 15 is 0 Å². The molecule has 0 unspecified atom stereocenters. The molecule has 1 rings (SSSR count). The van der Waals surface area contributed by atoms with E-state index in [-0.39, 0.29) is 10.8 Å². The molecule has 56 valence electrons. The zero-order valence-corrected chi connectivity index (χ0v) is 7.16. The Hall–Kier alpha value is -0.200. The summed E-state index contributed by atoms with van der Waals surface area (Å²) in [4.78, 5) is 0. The fourth-order valence-corrected chi connectivity index (χ4v) is 2.10. The molecule has 3 heteroatoms. The van der Waals surface area contributed by atoms with Crippen molar-refractivity contribution < 1.29 is 0 Å². The number of nitrogens with zero attached hydrogens (tertiary/aromatic N) is 1. The van der Waals surface area contributed by atoms with Gasteiger partial charge >= 0.3 is 0 Å². The molecule has 1 saturated carbocycles. The zero-order valence-electron chi connectivity index (χ0n) is 6.35. The second-order valence-electron chi connectivity index (χ2n) is 2.62. The highest BCUT2D eigenvalue weighted by atomic mass is 32.2. The predicted molar refractivity (Wildman–Crippen MR) is 43.9 cm³/mol. The molecule has 1 aliphatic rings. The second kappa shape index (κ2) is 2.81. The molecule has 1 fully saturated rings. The average Bonchev–Trinajstić information content (AvgIpc) is 2.72. The van der Waals surface area contributed by atoms with Gasteiger partial charge in [-0.1, -0.05) is 0 Å². The van der Waals surface area contributed by atoms with E-state index in [9.17, 15) is 0 Å². The van der Waals surface area contributed by atoms with Crippen molar-refractivity contribution >= 4 is 11.8 Å². The van der Waals surface area contributed by atoms with Crippen LogP contribution in [0.4, 0.5) is 0 Å². The molecule has 1 atom stereocenters. The van der Waals surface area contributed by atoms with Crippen LogP contribution in [0, 0.1) is 11.3 Å². The number of rotatable bonds is 3. The smallest absolute Gasteiger partial charge is 0.110 e. The Bertz CT molecular complexity index is 157. The molecular weight excluding hydrogens is 144 g/mol. The fraction of sp³-hybridized carbons (Fsp3) is 0.857. The van der Waals surface area contributed by atoms with E-state index in [0.717, 1.165) is 0 Å². The fourth-order valence-electron chi connectivity index (χ4n) is 1.18. The molecule has 0 bridgehead atoms. The molecule has 1 aliphatic carbocycles. The van der Waals surface area contributed by atoms with Gasteiger partial charge in [-0.05, 0) is 26.1 Å². The van der Waals surface area contributed by atoms with Crippen molar-refractivity contribution in [2.45, 2.75) is 23.6 Å². The molecule has 0 aromatic heterocycles. The highest BCUT2D eigenvalue weighted by Crippen LogP contribution is 2.49. The van der Waals surface area contributed by atoms with Crippen LogP contribution in [0.2, 0.25) is 0 Å². The molecular formula is C7H12N2S. The lowest BCUT2D eigenvalue weighted by Crippen LogP contribution is -2.35. The average molecular weight is 156 g/mol. The largest absolute Gasteiger partial charge is 0.304 e. The van der Waals surface area contributed by atoms with Gasteiger partial charge in [0.05, 0.1) is 6.07 Å². The summed E-state index contributed by atoms with van der Waals surface area (Å²) in [5.41, 5.74) is 0. The molecule has 0 aromatic rings. The van der Waals surface area contributed by atoms with Gasteiger partial charge in [0.15, 0.2) is 0 Å². The van der Waals surface area contributed by atoms with Gasteiger partial charge in [0.1, 0.15) is 6.04 Å². The van der Waals surface area contributed by atoms with Crippen molar-refractivity contribution in [1.82, 2.24) is 5.32 Å². The lowest BCUT2D eigenvalue weighted by Gasteiger charge is -2.17. The van der Waals surface area contributed by atoms with E-state index in [2.05, 4.69) is 17.6 Å². The van der Waals surface area contributed by atoms with E-state index in [1.807, 2.05) is 18.8 Å². The summed E-state index contributed by atoms with van der Waals surface area (Å²) in [5, 5.41) is 11.7. The van der Waals surface area contributed by atoms with Crippen LogP contribution < -0.4 is 5.32 Å². The SMILES string of the molecule is CN[C@@H](C#N)C1(SC)CC1. The third kappa shape index (κ3) is 1.14. The van der Waals surface area contributed by atoms with Crippen molar-refractivity contribution in [1.29, 1.82) is 5.26 Å². The van der Waals surface area contributed by atoms with Crippen LogP contribution in [0.1, 0.15) is 12.8 Å². The summed E-state index contributed by atoms with van der Waals surface area (Å²) in [6.45, 7) is 0. The van der Waals surface area contributed by atoms with Gasteiger partial charge < -0.3 is 5.32 Å². The van der Waals surface area contributed by atoms with Crippen molar-refractivity contribution in [2.75, 3.05) is 13.3 Å². The molecule has 2 nitrogen and oxygen atoms in total. The Morgan fingerprint density at radius 2 is 2.30 bits per heavy atom. The standard InChI is InChI=1S/C7H12N2S/c1-9-6(5-8)7(10-2)3-4-7/h6,9H,3-4H2,1-2H3/t6-/m0/s1. The van der Waals surface area contributed by atoms with Gasteiger partial charge in [-0.25, -0.2) is 0 Å². The molecule has 0 spiro atoms. The molecule has 0 aliphatic heterocycles. The van der Waals surface area contributed by atoms with E-state index in [1.54, 1.807) is 0 Å².